The average Bonchev–Trinajstić information content (AvgIpc) is 3.22. The van der Waals surface area contributed by atoms with Gasteiger partial charge in [-0.3, -0.25) is 14.7 Å². The molecular formula is C26H27N3O6S. The smallest absolute Gasteiger partial charge is 0.309 e. The van der Waals surface area contributed by atoms with E-state index in [0.29, 0.717) is 11.6 Å². The fraction of sp³-hybridized carbons (Fsp3) is 0.385. The molecule has 36 heavy (non-hydrogen) atoms. The van der Waals surface area contributed by atoms with E-state index in [1.807, 2.05) is 48.5 Å². The lowest BCUT2D eigenvalue weighted by atomic mass is 10.00. The van der Waals surface area contributed by atoms with Crippen molar-refractivity contribution in [2.45, 2.75) is 30.0 Å². The molecule has 0 spiro atoms. The van der Waals surface area contributed by atoms with Gasteiger partial charge in [-0.25, -0.2) is 4.98 Å². The SMILES string of the molecule is COc1ccc(COC(=O)C2CC(Sc3ncn[nH]3)C3C(C(=O)OCc4ccc(OC)cc4)C23)cc1. The van der Waals surface area contributed by atoms with Gasteiger partial charge in [0.05, 0.1) is 26.1 Å². The lowest BCUT2D eigenvalue weighted by Crippen LogP contribution is -2.24. The number of ether oxygens (including phenoxy) is 4. The van der Waals surface area contributed by atoms with Gasteiger partial charge in [0.25, 0.3) is 0 Å². The number of methoxy groups -OCH3 is 2. The average molecular weight is 510 g/mol. The van der Waals surface area contributed by atoms with Crippen LogP contribution in [0.15, 0.2) is 60.0 Å². The first-order valence-electron chi connectivity index (χ1n) is 11.7. The van der Waals surface area contributed by atoms with Crippen LogP contribution in [0.4, 0.5) is 0 Å². The zero-order chi connectivity index (χ0) is 25.1. The second-order valence-corrected chi connectivity index (χ2v) is 10.1. The van der Waals surface area contributed by atoms with Gasteiger partial charge in [0, 0.05) is 5.25 Å². The number of benzene rings is 2. The van der Waals surface area contributed by atoms with E-state index in [4.69, 9.17) is 18.9 Å². The lowest BCUT2D eigenvalue weighted by molar-refractivity contribution is -0.152. The highest BCUT2D eigenvalue weighted by Crippen LogP contribution is 2.64. The van der Waals surface area contributed by atoms with Gasteiger partial charge in [-0.05, 0) is 53.6 Å². The number of fused-ring (bicyclic) bond motifs is 1. The summed E-state index contributed by atoms with van der Waals surface area (Å²) in [6.07, 6.45) is 2.06. The summed E-state index contributed by atoms with van der Waals surface area (Å²) in [7, 11) is 3.21. The number of thioether (sulfide) groups is 1. The van der Waals surface area contributed by atoms with Gasteiger partial charge < -0.3 is 18.9 Å². The largest absolute Gasteiger partial charge is 0.497 e. The molecule has 2 aromatic carbocycles. The van der Waals surface area contributed by atoms with E-state index in [0.717, 1.165) is 22.6 Å². The minimum atomic E-state index is -0.368. The van der Waals surface area contributed by atoms with Crippen molar-refractivity contribution in [2.75, 3.05) is 14.2 Å². The second kappa shape index (κ2) is 10.6. The highest BCUT2D eigenvalue weighted by Gasteiger charge is 2.68. The third kappa shape index (κ3) is 5.18. The minimum absolute atomic E-state index is 0.0296. The zero-order valence-corrected chi connectivity index (χ0v) is 20.8. The van der Waals surface area contributed by atoms with Crippen molar-refractivity contribution < 1.29 is 28.5 Å². The van der Waals surface area contributed by atoms with Crippen molar-refractivity contribution in [3.63, 3.8) is 0 Å². The summed E-state index contributed by atoms with van der Waals surface area (Å²) < 4.78 is 21.6. The molecule has 1 aromatic heterocycles. The molecule has 2 aliphatic carbocycles. The van der Waals surface area contributed by atoms with Gasteiger partial charge in [0.1, 0.15) is 31.0 Å². The fourth-order valence-corrected chi connectivity index (χ4v) is 6.28. The summed E-state index contributed by atoms with van der Waals surface area (Å²) in [5, 5.41) is 7.47. The Morgan fingerprint density at radius 3 is 2.00 bits per heavy atom. The standard InChI is InChI=1S/C26H27N3O6S/c1-32-17-7-3-15(4-8-17)12-34-24(30)19-11-20(36-26-27-14-28-29-26)22-21(19)23(22)25(31)35-13-16-5-9-18(33-2)10-6-16/h3-10,14,19-23H,11-13H2,1-2H3,(H,27,28,29). The van der Waals surface area contributed by atoms with E-state index in [1.54, 1.807) is 14.2 Å². The van der Waals surface area contributed by atoms with Crippen LogP contribution in [-0.2, 0) is 32.3 Å². The molecule has 2 fully saturated rings. The molecule has 0 radical (unpaired) electrons. The van der Waals surface area contributed by atoms with E-state index >= 15 is 0 Å². The first-order valence-corrected chi connectivity index (χ1v) is 12.6. The Kier molecular flexibility index (Phi) is 7.13. The number of hydrogen-bond donors (Lipinski definition) is 1. The Morgan fingerprint density at radius 2 is 1.47 bits per heavy atom. The van der Waals surface area contributed by atoms with Crippen molar-refractivity contribution in [1.29, 1.82) is 0 Å². The van der Waals surface area contributed by atoms with E-state index in [2.05, 4.69) is 15.2 Å². The third-order valence-corrected chi connectivity index (χ3v) is 8.05. The lowest BCUT2D eigenvalue weighted by Gasteiger charge is -2.18. The molecule has 0 aliphatic heterocycles. The van der Waals surface area contributed by atoms with Crippen LogP contribution in [0.3, 0.4) is 0 Å². The molecule has 5 unspecified atom stereocenters. The van der Waals surface area contributed by atoms with Crippen molar-refractivity contribution in [2.24, 2.45) is 23.7 Å². The number of nitrogens with zero attached hydrogens (tertiary/aromatic N) is 2. The number of aromatic nitrogens is 3. The number of H-pyrrole nitrogens is 1. The Morgan fingerprint density at radius 1 is 0.889 bits per heavy atom. The van der Waals surface area contributed by atoms with Crippen molar-refractivity contribution in [1.82, 2.24) is 15.2 Å². The molecule has 188 valence electrons. The number of carbonyl (C=O) groups excluding carboxylic acids is 2. The predicted octanol–water partition coefficient (Wildman–Crippen LogP) is 3.65. The molecular weight excluding hydrogens is 482 g/mol. The number of esters is 2. The molecule has 1 heterocycles. The van der Waals surface area contributed by atoms with Gasteiger partial charge in [-0.1, -0.05) is 36.0 Å². The molecule has 10 heteroatoms. The molecule has 3 aromatic rings. The maximum atomic E-state index is 13.1. The van der Waals surface area contributed by atoms with E-state index < -0.39 is 0 Å². The fourth-order valence-electron chi connectivity index (χ4n) is 4.97. The highest BCUT2D eigenvalue weighted by atomic mass is 32.2. The Labute approximate surface area is 212 Å². The van der Waals surface area contributed by atoms with Crippen molar-refractivity contribution >= 4 is 23.7 Å². The minimum Gasteiger partial charge on any atom is -0.497 e. The topological polar surface area (TPSA) is 113 Å². The molecule has 1 N–H and O–H groups in total. The molecule has 0 saturated heterocycles. The second-order valence-electron chi connectivity index (χ2n) is 8.88. The van der Waals surface area contributed by atoms with Gasteiger partial charge >= 0.3 is 11.9 Å². The molecule has 5 atom stereocenters. The molecule has 5 rings (SSSR count). The van der Waals surface area contributed by atoms with E-state index in [1.165, 1.54) is 18.1 Å². The van der Waals surface area contributed by atoms with Crippen LogP contribution >= 0.6 is 11.8 Å². The van der Waals surface area contributed by atoms with Crippen LogP contribution in [0.1, 0.15) is 17.5 Å². The monoisotopic (exact) mass is 509 g/mol. The van der Waals surface area contributed by atoms with E-state index in [-0.39, 0.29) is 54.1 Å². The van der Waals surface area contributed by atoms with Gasteiger partial charge in [-0.15, -0.1) is 0 Å². The number of hydrogen-bond acceptors (Lipinski definition) is 9. The summed E-state index contributed by atoms with van der Waals surface area (Å²) in [5.41, 5.74) is 1.75. The summed E-state index contributed by atoms with van der Waals surface area (Å²) in [5.74, 6) is 0.140. The van der Waals surface area contributed by atoms with Crippen LogP contribution < -0.4 is 9.47 Å². The van der Waals surface area contributed by atoms with Crippen LogP contribution in [0.5, 0.6) is 11.5 Å². The first-order chi connectivity index (χ1) is 17.6. The molecule has 2 saturated carbocycles. The molecule has 2 aliphatic rings. The summed E-state index contributed by atoms with van der Waals surface area (Å²) in [4.78, 5) is 30.3. The Hall–Kier alpha value is -3.53. The quantitative estimate of drug-likeness (QED) is 0.409. The molecule has 0 bridgehead atoms. The predicted molar refractivity (Wildman–Crippen MR) is 130 cm³/mol. The summed E-state index contributed by atoms with van der Waals surface area (Å²) >= 11 is 1.51. The molecule has 9 nitrogen and oxygen atoms in total. The van der Waals surface area contributed by atoms with Crippen molar-refractivity contribution in [3.05, 3.63) is 66.0 Å². The number of rotatable bonds is 10. The number of nitrogens with one attached hydrogen (secondary N) is 1. The highest BCUT2D eigenvalue weighted by molar-refractivity contribution is 7.99. The van der Waals surface area contributed by atoms with Gasteiger partial charge in [-0.2, -0.15) is 5.10 Å². The van der Waals surface area contributed by atoms with Gasteiger partial charge in [0.2, 0.25) is 0 Å². The number of aromatic amines is 1. The Bertz CT molecular complexity index is 1190. The summed E-state index contributed by atoms with van der Waals surface area (Å²) in [6.45, 7) is 0.342. The van der Waals surface area contributed by atoms with Crippen LogP contribution in [0, 0.1) is 23.7 Å². The third-order valence-electron chi connectivity index (χ3n) is 6.82. The number of carbonyl (C=O) groups is 2. The van der Waals surface area contributed by atoms with Gasteiger partial charge in [0.15, 0.2) is 5.16 Å². The molecule has 0 amide bonds. The maximum Gasteiger partial charge on any atom is 0.309 e. The first kappa shape index (κ1) is 24.2. The van der Waals surface area contributed by atoms with Crippen LogP contribution in [0.25, 0.3) is 0 Å². The van der Waals surface area contributed by atoms with E-state index in [9.17, 15) is 9.59 Å². The zero-order valence-electron chi connectivity index (χ0n) is 20.0. The van der Waals surface area contributed by atoms with Crippen molar-refractivity contribution in [3.8, 4) is 11.5 Å². The normalized spacial score (nSPS) is 24.0. The summed E-state index contributed by atoms with van der Waals surface area (Å²) in [6, 6.07) is 14.8. The van der Waals surface area contributed by atoms with Crippen LogP contribution in [-0.4, -0.2) is 46.6 Å². The maximum absolute atomic E-state index is 13.1. The van der Waals surface area contributed by atoms with Crippen LogP contribution in [0.2, 0.25) is 0 Å². The Balaban J connectivity index is 1.22.